The van der Waals surface area contributed by atoms with Gasteiger partial charge in [-0.05, 0) is 19.4 Å². The quantitative estimate of drug-likeness (QED) is 0.676. The Kier molecular flexibility index (Phi) is 3.34. The third kappa shape index (κ3) is 2.01. The van der Waals surface area contributed by atoms with E-state index in [4.69, 9.17) is 15.2 Å². The Labute approximate surface area is 109 Å². The molecule has 1 atom stereocenters. The summed E-state index contributed by atoms with van der Waals surface area (Å²) in [5, 5.41) is 0. The predicted molar refractivity (Wildman–Crippen MR) is 64.8 cm³/mol. The Hall–Kier alpha value is -1.85. The van der Waals surface area contributed by atoms with Gasteiger partial charge in [0.25, 0.3) is 0 Å². The number of hydrogen-bond donors (Lipinski definition) is 1. The van der Waals surface area contributed by atoms with Gasteiger partial charge in [0.05, 0.1) is 12.3 Å². The first-order chi connectivity index (χ1) is 8.95. The summed E-state index contributed by atoms with van der Waals surface area (Å²) in [5.74, 6) is -3.14. The van der Waals surface area contributed by atoms with Gasteiger partial charge in [0.2, 0.25) is 11.4 Å². The maximum Gasteiger partial charge on any atom is 0.350 e. The van der Waals surface area contributed by atoms with Crippen molar-refractivity contribution in [2.75, 3.05) is 12.3 Å². The lowest BCUT2D eigenvalue weighted by molar-refractivity contribution is -0.160. The molecular weight excluding hydrogens is 256 g/mol. The maximum absolute atomic E-state index is 13.8. The van der Waals surface area contributed by atoms with Gasteiger partial charge in [-0.15, -0.1) is 0 Å². The van der Waals surface area contributed by atoms with Crippen LogP contribution in [0.2, 0.25) is 0 Å². The van der Waals surface area contributed by atoms with E-state index in [1.807, 2.05) is 0 Å². The van der Waals surface area contributed by atoms with Crippen LogP contribution < -0.4 is 10.5 Å². The van der Waals surface area contributed by atoms with Gasteiger partial charge in [-0.1, -0.05) is 6.92 Å². The molecule has 1 aliphatic rings. The number of fused-ring (bicyclic) bond motifs is 1. The summed E-state index contributed by atoms with van der Waals surface area (Å²) in [7, 11) is 0. The number of rotatable bonds is 3. The third-order valence-corrected chi connectivity index (χ3v) is 3.26. The second-order valence-corrected chi connectivity index (χ2v) is 4.43. The Morgan fingerprint density at radius 2 is 2.16 bits per heavy atom. The predicted octanol–water partition coefficient (Wildman–Crippen LogP) is 2.19. The molecule has 1 aromatic carbocycles. The zero-order valence-corrected chi connectivity index (χ0v) is 10.8. The summed E-state index contributed by atoms with van der Waals surface area (Å²) < 4.78 is 37.5. The van der Waals surface area contributed by atoms with E-state index in [0.717, 1.165) is 0 Å². The minimum absolute atomic E-state index is 0.124. The Morgan fingerprint density at radius 1 is 1.47 bits per heavy atom. The molecule has 1 unspecified atom stereocenters. The summed E-state index contributed by atoms with van der Waals surface area (Å²) in [6, 6.07) is 1.30. The number of hydrogen-bond acceptors (Lipinski definition) is 4. The summed E-state index contributed by atoms with van der Waals surface area (Å²) in [4.78, 5) is 12.0. The monoisotopic (exact) mass is 271 g/mol. The molecule has 1 aromatic rings. The molecule has 1 heterocycles. The molecule has 6 heteroatoms. The Morgan fingerprint density at radius 3 is 2.74 bits per heavy atom. The van der Waals surface area contributed by atoms with Crippen LogP contribution in [0.5, 0.6) is 5.75 Å². The van der Waals surface area contributed by atoms with Gasteiger partial charge >= 0.3 is 5.97 Å². The molecule has 0 aromatic heterocycles. The molecule has 2 N–H and O–H groups in total. The van der Waals surface area contributed by atoms with Crippen LogP contribution in [0, 0.1) is 11.6 Å². The fourth-order valence-corrected chi connectivity index (χ4v) is 2.18. The molecular formula is C13H15F2NO3. The van der Waals surface area contributed by atoms with Crippen molar-refractivity contribution in [3.63, 3.8) is 0 Å². The lowest BCUT2D eigenvalue weighted by Gasteiger charge is -2.24. The van der Waals surface area contributed by atoms with Gasteiger partial charge in [-0.2, -0.15) is 4.39 Å². The maximum atomic E-state index is 13.8. The van der Waals surface area contributed by atoms with Crippen molar-refractivity contribution < 1.29 is 23.0 Å². The zero-order chi connectivity index (χ0) is 14.2. The van der Waals surface area contributed by atoms with E-state index in [0.29, 0.717) is 12.0 Å². The molecule has 2 rings (SSSR count). The Bertz CT molecular complexity index is 533. The fraction of sp³-hybridized carbons (Fsp3) is 0.462. The second kappa shape index (κ2) is 4.68. The molecule has 0 saturated heterocycles. The van der Waals surface area contributed by atoms with Crippen molar-refractivity contribution >= 4 is 11.7 Å². The number of nitrogens with two attached hydrogens (primary N) is 1. The van der Waals surface area contributed by atoms with Crippen LogP contribution in [0.15, 0.2) is 6.07 Å². The molecule has 0 fully saturated rings. The van der Waals surface area contributed by atoms with Gasteiger partial charge in [0.1, 0.15) is 0 Å². The van der Waals surface area contributed by atoms with Crippen LogP contribution in [0.4, 0.5) is 14.5 Å². The molecule has 1 aliphatic heterocycles. The number of esters is 1. The van der Waals surface area contributed by atoms with E-state index in [1.165, 1.54) is 6.07 Å². The molecule has 104 valence electrons. The van der Waals surface area contributed by atoms with Crippen LogP contribution in [-0.2, 0) is 16.0 Å². The summed E-state index contributed by atoms with van der Waals surface area (Å²) >= 11 is 0. The number of anilines is 1. The fourth-order valence-electron chi connectivity index (χ4n) is 2.18. The minimum atomic E-state index is -1.29. The molecule has 19 heavy (non-hydrogen) atoms. The average Bonchev–Trinajstić information content (AvgIpc) is 2.77. The molecule has 4 nitrogen and oxygen atoms in total. The van der Waals surface area contributed by atoms with Crippen LogP contribution >= 0.6 is 0 Å². The normalized spacial score (nSPS) is 20.8. The van der Waals surface area contributed by atoms with Crippen molar-refractivity contribution in [1.29, 1.82) is 0 Å². The number of carbonyl (C=O) groups excluding carboxylic acids is 1. The zero-order valence-electron chi connectivity index (χ0n) is 10.8. The number of nitrogen functional groups attached to an aromatic ring is 1. The van der Waals surface area contributed by atoms with Crippen molar-refractivity contribution in [1.82, 2.24) is 0 Å². The first-order valence-corrected chi connectivity index (χ1v) is 6.07. The Balaban J connectivity index is 2.42. The van der Waals surface area contributed by atoms with E-state index in [1.54, 1.807) is 13.8 Å². The molecule has 0 radical (unpaired) electrons. The first kappa shape index (κ1) is 13.6. The first-order valence-electron chi connectivity index (χ1n) is 6.07. The average molecular weight is 271 g/mol. The lowest BCUT2D eigenvalue weighted by Crippen LogP contribution is -2.44. The van der Waals surface area contributed by atoms with Crippen molar-refractivity contribution in [2.24, 2.45) is 0 Å². The van der Waals surface area contributed by atoms with E-state index in [9.17, 15) is 13.6 Å². The SMILES string of the molecule is CCOC(=O)C1(CC)Cc2cc(N)c(F)c(F)c2O1. The number of halogens is 2. The summed E-state index contributed by atoms with van der Waals surface area (Å²) in [6.45, 7) is 3.58. The molecule has 0 bridgehead atoms. The molecule has 0 saturated carbocycles. The highest BCUT2D eigenvalue weighted by atomic mass is 19.2. The number of benzene rings is 1. The highest BCUT2D eigenvalue weighted by Crippen LogP contribution is 2.42. The standard InChI is InChI=1S/C13H15F2NO3/c1-3-13(12(17)18-4-2)6-7-5-8(16)9(14)10(15)11(7)19-13/h5H,3-4,6,16H2,1-2H3. The van der Waals surface area contributed by atoms with Gasteiger partial charge in [-0.3, -0.25) is 0 Å². The van der Waals surface area contributed by atoms with Crippen LogP contribution in [0.1, 0.15) is 25.8 Å². The van der Waals surface area contributed by atoms with E-state index in [-0.39, 0.29) is 24.5 Å². The molecule has 0 aliphatic carbocycles. The lowest BCUT2D eigenvalue weighted by atomic mass is 9.94. The van der Waals surface area contributed by atoms with E-state index >= 15 is 0 Å². The summed E-state index contributed by atoms with van der Waals surface area (Å²) in [6.07, 6.45) is 0.417. The number of carbonyl (C=O) groups is 1. The number of ether oxygens (including phenoxy) is 2. The van der Waals surface area contributed by atoms with Crippen molar-refractivity contribution in [3.05, 3.63) is 23.3 Å². The van der Waals surface area contributed by atoms with Crippen molar-refractivity contribution in [3.8, 4) is 5.75 Å². The molecule has 0 spiro atoms. The van der Waals surface area contributed by atoms with Gasteiger partial charge in [-0.25, -0.2) is 9.18 Å². The smallest absolute Gasteiger partial charge is 0.350 e. The highest BCUT2D eigenvalue weighted by Gasteiger charge is 2.48. The van der Waals surface area contributed by atoms with E-state index < -0.39 is 23.2 Å². The molecule has 0 amide bonds. The summed E-state index contributed by atoms with van der Waals surface area (Å²) in [5.41, 5.74) is 4.16. The van der Waals surface area contributed by atoms with Gasteiger partial charge < -0.3 is 15.2 Å². The van der Waals surface area contributed by atoms with Crippen LogP contribution in [0.25, 0.3) is 0 Å². The van der Waals surface area contributed by atoms with Crippen molar-refractivity contribution in [2.45, 2.75) is 32.3 Å². The highest BCUT2D eigenvalue weighted by molar-refractivity contribution is 5.82. The van der Waals surface area contributed by atoms with Crippen LogP contribution in [-0.4, -0.2) is 18.2 Å². The minimum Gasteiger partial charge on any atom is -0.472 e. The second-order valence-electron chi connectivity index (χ2n) is 4.43. The van der Waals surface area contributed by atoms with Gasteiger partial charge in [0, 0.05) is 12.0 Å². The largest absolute Gasteiger partial charge is 0.472 e. The van der Waals surface area contributed by atoms with Crippen LogP contribution in [0.3, 0.4) is 0 Å². The third-order valence-electron chi connectivity index (χ3n) is 3.26. The van der Waals surface area contributed by atoms with Gasteiger partial charge in [0.15, 0.2) is 11.6 Å². The van der Waals surface area contributed by atoms with E-state index in [2.05, 4.69) is 0 Å². The topological polar surface area (TPSA) is 61.5 Å².